The fourth-order valence-electron chi connectivity index (χ4n) is 1.24. The van der Waals surface area contributed by atoms with Crippen molar-refractivity contribution in [3.63, 3.8) is 0 Å². The number of carbonyl (C=O) groups excluding carboxylic acids is 2. The Hall–Kier alpha value is 0.0400. The predicted molar refractivity (Wildman–Crippen MR) is 53.6 cm³/mol. The molecule has 1 aliphatic rings. The van der Waals surface area contributed by atoms with E-state index in [0.29, 0.717) is 0 Å². The minimum atomic E-state index is -0.373. The number of carbonyl (C=O) groups is 2. The standard InChI is InChI=1S/C8H12O2S2/c1-5(9)7(6(2)10)8-11-3-4-12-8/h7-8H,3-4H2,1-2H3. The van der Waals surface area contributed by atoms with Crippen molar-refractivity contribution in [2.24, 2.45) is 5.92 Å². The highest BCUT2D eigenvalue weighted by molar-refractivity contribution is 8.20. The molecule has 0 aromatic rings. The van der Waals surface area contributed by atoms with E-state index in [1.807, 2.05) is 0 Å². The molecule has 68 valence electrons. The average molecular weight is 204 g/mol. The Bertz CT molecular complexity index is 183. The first-order chi connectivity index (χ1) is 5.63. The van der Waals surface area contributed by atoms with Gasteiger partial charge in [-0.05, 0) is 13.8 Å². The number of Topliss-reactive ketones (excluding diaryl/α,β-unsaturated/α-hetero) is 2. The third kappa shape index (κ3) is 2.26. The van der Waals surface area contributed by atoms with Gasteiger partial charge in [0.15, 0.2) is 0 Å². The molecule has 1 saturated heterocycles. The van der Waals surface area contributed by atoms with E-state index >= 15 is 0 Å². The molecule has 0 saturated carbocycles. The quantitative estimate of drug-likeness (QED) is 0.654. The van der Waals surface area contributed by atoms with Crippen LogP contribution in [0.2, 0.25) is 0 Å². The largest absolute Gasteiger partial charge is 0.299 e. The van der Waals surface area contributed by atoms with Gasteiger partial charge in [0.1, 0.15) is 11.6 Å². The van der Waals surface area contributed by atoms with Crippen LogP contribution in [0.15, 0.2) is 0 Å². The molecular formula is C8H12O2S2. The van der Waals surface area contributed by atoms with E-state index in [1.54, 1.807) is 23.5 Å². The Balaban J connectivity index is 2.64. The normalized spacial score (nSPS) is 18.6. The second kappa shape index (κ2) is 4.33. The highest BCUT2D eigenvalue weighted by atomic mass is 32.2. The van der Waals surface area contributed by atoms with Crippen LogP contribution in [-0.2, 0) is 9.59 Å². The topological polar surface area (TPSA) is 34.1 Å². The van der Waals surface area contributed by atoms with E-state index < -0.39 is 0 Å². The SMILES string of the molecule is CC(=O)C(C(C)=O)C1SCCS1. The van der Waals surface area contributed by atoms with Crippen LogP contribution in [0.4, 0.5) is 0 Å². The molecule has 1 rings (SSSR count). The molecule has 1 aliphatic heterocycles. The molecule has 0 bridgehead atoms. The molecule has 1 fully saturated rings. The molecule has 0 unspecified atom stereocenters. The van der Waals surface area contributed by atoms with Gasteiger partial charge in [-0.3, -0.25) is 9.59 Å². The molecule has 0 aromatic heterocycles. The van der Waals surface area contributed by atoms with Crippen molar-refractivity contribution in [3.8, 4) is 0 Å². The summed E-state index contributed by atoms with van der Waals surface area (Å²) in [6.45, 7) is 3.01. The lowest BCUT2D eigenvalue weighted by Gasteiger charge is -2.15. The summed E-state index contributed by atoms with van der Waals surface area (Å²) in [6, 6.07) is 0. The van der Waals surface area contributed by atoms with Gasteiger partial charge in [0.2, 0.25) is 0 Å². The van der Waals surface area contributed by atoms with Crippen molar-refractivity contribution in [2.45, 2.75) is 18.4 Å². The number of ketones is 2. The third-order valence-corrected chi connectivity index (χ3v) is 4.95. The number of thioether (sulfide) groups is 2. The zero-order valence-corrected chi connectivity index (χ0v) is 8.83. The lowest BCUT2D eigenvalue weighted by molar-refractivity contribution is -0.129. The van der Waals surface area contributed by atoms with E-state index in [0.717, 1.165) is 11.5 Å². The Morgan fingerprint density at radius 3 is 1.92 bits per heavy atom. The van der Waals surface area contributed by atoms with Gasteiger partial charge >= 0.3 is 0 Å². The maximum atomic E-state index is 11.1. The van der Waals surface area contributed by atoms with E-state index in [2.05, 4.69) is 0 Å². The van der Waals surface area contributed by atoms with E-state index in [4.69, 9.17) is 0 Å². The van der Waals surface area contributed by atoms with Crippen LogP contribution in [0.3, 0.4) is 0 Å². The average Bonchev–Trinajstić information content (AvgIpc) is 2.37. The molecular weight excluding hydrogens is 192 g/mol. The minimum Gasteiger partial charge on any atom is -0.299 e. The van der Waals surface area contributed by atoms with Crippen LogP contribution in [0.25, 0.3) is 0 Å². The van der Waals surface area contributed by atoms with Crippen molar-refractivity contribution in [2.75, 3.05) is 11.5 Å². The summed E-state index contributed by atoms with van der Waals surface area (Å²) in [5.74, 6) is 1.77. The van der Waals surface area contributed by atoms with E-state index in [9.17, 15) is 9.59 Å². The fourth-order valence-corrected chi connectivity index (χ4v) is 4.59. The second-order valence-electron chi connectivity index (χ2n) is 2.81. The first kappa shape index (κ1) is 10.1. The van der Waals surface area contributed by atoms with Gasteiger partial charge in [-0.1, -0.05) is 0 Å². The van der Waals surface area contributed by atoms with Crippen LogP contribution in [0, 0.1) is 5.92 Å². The Kier molecular flexibility index (Phi) is 3.65. The monoisotopic (exact) mass is 204 g/mol. The molecule has 0 radical (unpaired) electrons. The summed E-state index contributed by atoms with van der Waals surface area (Å²) in [5.41, 5.74) is 0. The highest BCUT2D eigenvalue weighted by Crippen LogP contribution is 2.37. The molecule has 0 spiro atoms. The second-order valence-corrected chi connectivity index (χ2v) is 5.61. The van der Waals surface area contributed by atoms with Gasteiger partial charge in [-0.15, -0.1) is 23.5 Å². The molecule has 4 heteroatoms. The Morgan fingerprint density at radius 2 is 1.58 bits per heavy atom. The van der Waals surface area contributed by atoms with Gasteiger partial charge in [-0.2, -0.15) is 0 Å². The zero-order chi connectivity index (χ0) is 9.14. The molecule has 0 aromatic carbocycles. The molecule has 12 heavy (non-hydrogen) atoms. The Morgan fingerprint density at radius 1 is 1.17 bits per heavy atom. The predicted octanol–water partition coefficient (Wildman–Crippen LogP) is 1.59. The number of rotatable bonds is 3. The van der Waals surface area contributed by atoms with Crippen LogP contribution in [0.5, 0.6) is 0 Å². The summed E-state index contributed by atoms with van der Waals surface area (Å²) < 4.78 is 0.181. The molecule has 2 nitrogen and oxygen atoms in total. The summed E-state index contributed by atoms with van der Waals surface area (Å²) >= 11 is 3.46. The molecule has 1 heterocycles. The summed E-state index contributed by atoms with van der Waals surface area (Å²) in [4.78, 5) is 22.2. The van der Waals surface area contributed by atoms with Crippen molar-refractivity contribution in [1.29, 1.82) is 0 Å². The smallest absolute Gasteiger partial charge is 0.142 e. The third-order valence-electron chi connectivity index (χ3n) is 1.80. The minimum absolute atomic E-state index is 0.00870. The fraction of sp³-hybridized carbons (Fsp3) is 0.750. The van der Waals surface area contributed by atoms with Crippen LogP contribution < -0.4 is 0 Å². The van der Waals surface area contributed by atoms with Gasteiger partial charge in [-0.25, -0.2) is 0 Å². The zero-order valence-electron chi connectivity index (χ0n) is 7.20. The summed E-state index contributed by atoms with van der Waals surface area (Å²) in [6.07, 6.45) is 0. The van der Waals surface area contributed by atoms with Crippen molar-refractivity contribution in [3.05, 3.63) is 0 Å². The molecule has 0 N–H and O–H groups in total. The van der Waals surface area contributed by atoms with E-state index in [-0.39, 0.29) is 22.1 Å². The molecule has 0 aliphatic carbocycles. The first-order valence-corrected chi connectivity index (χ1v) is 5.97. The maximum absolute atomic E-state index is 11.1. The highest BCUT2D eigenvalue weighted by Gasteiger charge is 2.32. The number of hydrogen-bond acceptors (Lipinski definition) is 4. The Labute approximate surface area is 80.9 Å². The summed E-state index contributed by atoms with van der Waals surface area (Å²) in [5, 5.41) is 0. The lowest BCUT2D eigenvalue weighted by Crippen LogP contribution is -2.27. The molecule has 0 atom stereocenters. The van der Waals surface area contributed by atoms with Crippen LogP contribution in [-0.4, -0.2) is 27.7 Å². The van der Waals surface area contributed by atoms with Gasteiger partial charge in [0.05, 0.1) is 10.5 Å². The lowest BCUT2D eigenvalue weighted by atomic mass is 10.0. The first-order valence-electron chi connectivity index (χ1n) is 3.87. The number of hydrogen-bond donors (Lipinski definition) is 0. The van der Waals surface area contributed by atoms with Gasteiger partial charge < -0.3 is 0 Å². The van der Waals surface area contributed by atoms with E-state index in [1.165, 1.54) is 13.8 Å². The van der Waals surface area contributed by atoms with Crippen molar-refractivity contribution < 1.29 is 9.59 Å². The van der Waals surface area contributed by atoms with Gasteiger partial charge in [0, 0.05) is 11.5 Å². The van der Waals surface area contributed by atoms with Crippen LogP contribution in [0.1, 0.15) is 13.8 Å². The van der Waals surface area contributed by atoms with Crippen molar-refractivity contribution in [1.82, 2.24) is 0 Å². The maximum Gasteiger partial charge on any atom is 0.142 e. The van der Waals surface area contributed by atoms with Crippen LogP contribution >= 0.6 is 23.5 Å². The van der Waals surface area contributed by atoms with Gasteiger partial charge in [0.25, 0.3) is 0 Å². The summed E-state index contributed by atoms with van der Waals surface area (Å²) in [7, 11) is 0. The van der Waals surface area contributed by atoms with Crippen molar-refractivity contribution >= 4 is 35.1 Å². The molecule has 0 amide bonds.